The van der Waals surface area contributed by atoms with E-state index in [4.69, 9.17) is 10.4 Å². The number of benzene rings is 2. The standard InChI is InChI=1S/C30H36FN3O2/c1-2-5-26(34-30(36)15-10-20-6-3-4-7-29(20)35)16-21-8-9-22-18-28(23(19-32)17-27(21)22)33-25-13-11-24(31)12-14-25/h3-4,6-7,11-14,18-19,21,23,26-27,32,35H,2,5,8-10,15-17H2,1H3,(H,34,36). The molecule has 1 amide bonds. The number of halogens is 1. The summed E-state index contributed by atoms with van der Waals surface area (Å²) in [7, 11) is 0. The Hall–Kier alpha value is -3.28. The minimum absolute atomic E-state index is 0.0280. The average Bonchev–Trinajstić information content (AvgIpc) is 3.25. The molecule has 0 aliphatic heterocycles. The lowest BCUT2D eigenvalue weighted by Crippen LogP contribution is -2.37. The van der Waals surface area contributed by atoms with Crippen molar-refractivity contribution in [1.29, 1.82) is 5.41 Å². The molecule has 2 aliphatic rings. The van der Waals surface area contributed by atoms with Gasteiger partial charge in [0.05, 0.1) is 5.69 Å². The summed E-state index contributed by atoms with van der Waals surface area (Å²) in [5.41, 5.74) is 3.77. The zero-order chi connectivity index (χ0) is 25.5. The third-order valence-electron chi connectivity index (χ3n) is 7.56. The van der Waals surface area contributed by atoms with Gasteiger partial charge in [0.1, 0.15) is 11.6 Å². The number of aliphatic imine (C=N–C) groups is 1. The Kier molecular flexibility index (Phi) is 8.68. The topological polar surface area (TPSA) is 85.5 Å². The number of allylic oxidation sites excluding steroid dienone is 2. The number of hydrogen-bond donors (Lipinski definition) is 3. The van der Waals surface area contributed by atoms with Crippen LogP contribution in [0.4, 0.5) is 10.1 Å². The lowest BCUT2D eigenvalue weighted by molar-refractivity contribution is -0.121. The highest BCUT2D eigenvalue weighted by molar-refractivity contribution is 6.07. The Morgan fingerprint density at radius 1 is 1.25 bits per heavy atom. The average molecular weight is 490 g/mol. The number of aromatic hydroxyl groups is 1. The zero-order valence-corrected chi connectivity index (χ0v) is 20.9. The fourth-order valence-electron chi connectivity index (χ4n) is 5.70. The number of fused-ring (bicyclic) bond motifs is 1. The first-order chi connectivity index (χ1) is 17.5. The first-order valence-electron chi connectivity index (χ1n) is 13.1. The lowest BCUT2D eigenvalue weighted by atomic mass is 9.76. The number of phenols is 1. The van der Waals surface area contributed by atoms with Gasteiger partial charge in [0.25, 0.3) is 0 Å². The van der Waals surface area contributed by atoms with Gasteiger partial charge in [0, 0.05) is 30.3 Å². The highest BCUT2D eigenvalue weighted by Gasteiger charge is 2.38. The van der Waals surface area contributed by atoms with E-state index < -0.39 is 0 Å². The van der Waals surface area contributed by atoms with Crippen LogP contribution in [0.5, 0.6) is 5.75 Å². The smallest absolute Gasteiger partial charge is 0.220 e. The molecule has 2 aromatic carbocycles. The number of nitrogens with zero attached hydrogens (tertiary/aromatic N) is 1. The molecule has 1 fully saturated rings. The molecule has 2 aliphatic carbocycles. The van der Waals surface area contributed by atoms with Crippen molar-refractivity contribution in [2.24, 2.45) is 22.7 Å². The second-order valence-electron chi connectivity index (χ2n) is 10.1. The van der Waals surface area contributed by atoms with Gasteiger partial charge in [-0.2, -0.15) is 0 Å². The summed E-state index contributed by atoms with van der Waals surface area (Å²) in [4.78, 5) is 17.5. The third kappa shape index (κ3) is 6.48. The summed E-state index contributed by atoms with van der Waals surface area (Å²) in [6.07, 6.45) is 10.4. The summed E-state index contributed by atoms with van der Waals surface area (Å²) >= 11 is 0. The molecule has 0 heterocycles. The van der Waals surface area contributed by atoms with Gasteiger partial charge in [-0.1, -0.05) is 37.1 Å². The Morgan fingerprint density at radius 3 is 2.75 bits per heavy atom. The summed E-state index contributed by atoms with van der Waals surface area (Å²) in [6.45, 7) is 2.14. The third-order valence-corrected chi connectivity index (χ3v) is 7.56. The van der Waals surface area contributed by atoms with E-state index in [1.54, 1.807) is 24.3 Å². The number of rotatable bonds is 10. The van der Waals surface area contributed by atoms with Crippen molar-refractivity contribution in [3.8, 4) is 5.75 Å². The van der Waals surface area contributed by atoms with Crippen LogP contribution >= 0.6 is 0 Å². The predicted octanol–water partition coefficient (Wildman–Crippen LogP) is 6.53. The van der Waals surface area contributed by atoms with Gasteiger partial charge < -0.3 is 15.8 Å². The van der Waals surface area contributed by atoms with Crippen LogP contribution in [0, 0.1) is 29.0 Å². The molecule has 5 nitrogen and oxygen atoms in total. The Labute approximate surface area is 213 Å². The predicted molar refractivity (Wildman–Crippen MR) is 143 cm³/mol. The lowest BCUT2D eigenvalue weighted by Gasteiger charge is -2.31. The number of phenolic OH excluding ortho intramolecular Hbond substituents is 1. The van der Waals surface area contributed by atoms with Crippen molar-refractivity contribution in [2.75, 3.05) is 0 Å². The number of amides is 1. The van der Waals surface area contributed by atoms with Crippen LogP contribution < -0.4 is 5.32 Å². The van der Waals surface area contributed by atoms with Crippen LogP contribution in [-0.2, 0) is 11.2 Å². The van der Waals surface area contributed by atoms with Gasteiger partial charge in [-0.05, 0) is 92.3 Å². The van der Waals surface area contributed by atoms with E-state index in [-0.39, 0.29) is 29.4 Å². The number of aryl methyl sites for hydroxylation is 1. The molecule has 190 valence electrons. The highest BCUT2D eigenvalue weighted by atomic mass is 19.1. The van der Waals surface area contributed by atoms with Gasteiger partial charge in [-0.3, -0.25) is 9.79 Å². The van der Waals surface area contributed by atoms with Crippen molar-refractivity contribution < 1.29 is 14.3 Å². The van der Waals surface area contributed by atoms with Crippen molar-refractivity contribution in [1.82, 2.24) is 5.32 Å². The summed E-state index contributed by atoms with van der Waals surface area (Å²) in [5.74, 6) is 0.806. The van der Waals surface area contributed by atoms with Gasteiger partial charge in [-0.25, -0.2) is 4.39 Å². The zero-order valence-electron chi connectivity index (χ0n) is 20.9. The van der Waals surface area contributed by atoms with E-state index in [0.29, 0.717) is 30.4 Å². The number of nitrogens with one attached hydrogen (secondary N) is 2. The molecule has 2 aromatic rings. The van der Waals surface area contributed by atoms with Gasteiger partial charge in [0.2, 0.25) is 5.91 Å². The Bertz CT molecular complexity index is 1130. The van der Waals surface area contributed by atoms with E-state index in [9.17, 15) is 14.3 Å². The van der Waals surface area contributed by atoms with Gasteiger partial charge in [-0.15, -0.1) is 0 Å². The van der Waals surface area contributed by atoms with Crippen molar-refractivity contribution in [2.45, 2.75) is 64.3 Å². The number of carbonyl (C=O) groups excluding carboxylic acids is 1. The van der Waals surface area contributed by atoms with Crippen LogP contribution in [0.3, 0.4) is 0 Å². The molecule has 0 radical (unpaired) electrons. The minimum atomic E-state index is -0.282. The molecule has 0 bridgehead atoms. The molecule has 36 heavy (non-hydrogen) atoms. The Morgan fingerprint density at radius 2 is 2.03 bits per heavy atom. The van der Waals surface area contributed by atoms with E-state index in [2.05, 4.69) is 18.3 Å². The first kappa shape index (κ1) is 25.8. The van der Waals surface area contributed by atoms with E-state index in [1.807, 2.05) is 12.1 Å². The minimum Gasteiger partial charge on any atom is -0.508 e. The Balaban J connectivity index is 1.39. The highest BCUT2D eigenvalue weighted by Crippen LogP contribution is 2.46. The van der Waals surface area contributed by atoms with Crippen LogP contribution in [0.25, 0.3) is 0 Å². The van der Waals surface area contributed by atoms with E-state index in [1.165, 1.54) is 23.9 Å². The summed E-state index contributed by atoms with van der Waals surface area (Å²) in [6, 6.07) is 13.5. The maximum atomic E-state index is 13.3. The molecule has 4 rings (SSSR count). The number of hydrogen-bond acceptors (Lipinski definition) is 4. The van der Waals surface area contributed by atoms with Crippen molar-refractivity contribution in [3.63, 3.8) is 0 Å². The van der Waals surface area contributed by atoms with Crippen LogP contribution in [0.2, 0.25) is 0 Å². The van der Waals surface area contributed by atoms with E-state index >= 15 is 0 Å². The molecule has 3 N–H and O–H groups in total. The second-order valence-corrected chi connectivity index (χ2v) is 10.1. The van der Waals surface area contributed by atoms with Crippen LogP contribution in [0.1, 0.15) is 57.4 Å². The molecule has 1 saturated carbocycles. The maximum absolute atomic E-state index is 13.3. The first-order valence-corrected chi connectivity index (χ1v) is 13.1. The van der Waals surface area contributed by atoms with Gasteiger partial charge >= 0.3 is 0 Å². The fourth-order valence-corrected chi connectivity index (χ4v) is 5.70. The molecule has 4 unspecified atom stereocenters. The summed E-state index contributed by atoms with van der Waals surface area (Å²) < 4.78 is 13.3. The monoisotopic (exact) mass is 489 g/mol. The molecule has 4 atom stereocenters. The normalized spacial score (nSPS) is 23.1. The molecule has 0 saturated heterocycles. The largest absolute Gasteiger partial charge is 0.508 e. The van der Waals surface area contributed by atoms with Crippen LogP contribution in [-0.4, -0.2) is 29.0 Å². The summed E-state index contributed by atoms with van der Waals surface area (Å²) in [5, 5.41) is 21.2. The SMILES string of the molecule is CCCC(CC1CCC2=CC(=Nc3ccc(F)cc3)C(C=N)CC21)NC(=O)CCc1ccccc1O. The van der Waals surface area contributed by atoms with Crippen molar-refractivity contribution in [3.05, 3.63) is 71.6 Å². The molecule has 0 spiro atoms. The number of carbonyl (C=O) groups is 1. The molecule has 0 aromatic heterocycles. The second kappa shape index (κ2) is 12.1. The fraction of sp³-hybridized carbons (Fsp3) is 0.433. The molecule has 6 heteroatoms. The molecular formula is C30H36FN3O2. The van der Waals surface area contributed by atoms with Gasteiger partial charge in [0.15, 0.2) is 0 Å². The van der Waals surface area contributed by atoms with Crippen LogP contribution in [0.15, 0.2) is 65.2 Å². The van der Waals surface area contributed by atoms with Crippen molar-refractivity contribution >= 4 is 23.5 Å². The van der Waals surface area contributed by atoms with E-state index in [0.717, 1.165) is 49.8 Å². The number of para-hydroxylation sites is 1. The molecular weight excluding hydrogens is 453 g/mol. The quantitative estimate of drug-likeness (QED) is 0.331. The maximum Gasteiger partial charge on any atom is 0.220 e.